The van der Waals surface area contributed by atoms with Gasteiger partial charge in [-0.25, -0.2) is 9.97 Å². The highest BCUT2D eigenvalue weighted by atomic mass is 35.5. The van der Waals surface area contributed by atoms with Gasteiger partial charge in [0, 0.05) is 28.0 Å². The molecule has 3 N–H and O–H groups in total. The number of nitrogens with one attached hydrogen (secondary N) is 2. The van der Waals surface area contributed by atoms with Crippen LogP contribution in [-0.4, -0.2) is 40.4 Å². The van der Waals surface area contributed by atoms with Crippen LogP contribution in [-0.2, 0) is 6.54 Å². The zero-order valence-corrected chi connectivity index (χ0v) is 22.5. The molecule has 0 spiro atoms. The second-order valence-corrected chi connectivity index (χ2v) is 10.5. The van der Waals surface area contributed by atoms with Gasteiger partial charge in [0.2, 0.25) is 5.88 Å². The molecular formula is C28H26ClN7O3. The van der Waals surface area contributed by atoms with Crippen LogP contribution >= 0.6 is 11.6 Å². The van der Waals surface area contributed by atoms with Crippen LogP contribution in [0, 0.1) is 13.8 Å². The van der Waals surface area contributed by atoms with Gasteiger partial charge in [-0.15, -0.1) is 0 Å². The largest absolute Gasteiger partial charge is 0.438 e. The molecule has 0 saturated heterocycles. The quantitative estimate of drug-likeness (QED) is 0.207. The summed E-state index contributed by atoms with van der Waals surface area (Å²) in [5.74, 6) is 0.964. The number of aliphatic hydroxyl groups is 1. The molecule has 0 fully saturated rings. The highest BCUT2D eigenvalue weighted by molar-refractivity contribution is 6.30. The van der Waals surface area contributed by atoms with Gasteiger partial charge < -0.3 is 24.6 Å². The number of anilines is 2. The van der Waals surface area contributed by atoms with E-state index in [2.05, 4.69) is 30.4 Å². The van der Waals surface area contributed by atoms with Crippen LogP contribution in [0.15, 0.2) is 59.3 Å². The summed E-state index contributed by atoms with van der Waals surface area (Å²) in [5, 5.41) is 19.4. The normalized spacial score (nSPS) is 11.9. The Bertz CT molecular complexity index is 1810. The lowest BCUT2D eigenvalue weighted by Crippen LogP contribution is -2.27. The number of rotatable bonds is 7. The molecule has 11 heteroatoms. The highest BCUT2D eigenvalue weighted by Gasteiger charge is 2.21. The summed E-state index contributed by atoms with van der Waals surface area (Å²) in [5.41, 5.74) is 5.40. The molecule has 0 saturated carbocycles. The Labute approximate surface area is 228 Å². The minimum Gasteiger partial charge on any atom is -0.438 e. The molecule has 4 aromatic heterocycles. The first kappa shape index (κ1) is 24.9. The van der Waals surface area contributed by atoms with E-state index in [4.69, 9.17) is 20.8 Å². The van der Waals surface area contributed by atoms with E-state index in [1.807, 2.05) is 36.7 Å². The number of aromatic amines is 1. The molecule has 0 unspecified atom stereocenters. The molecule has 0 amide bonds. The Morgan fingerprint density at radius 2 is 1.90 bits per heavy atom. The van der Waals surface area contributed by atoms with Gasteiger partial charge in [0.05, 0.1) is 28.9 Å². The van der Waals surface area contributed by atoms with E-state index in [0.717, 1.165) is 33.7 Å². The molecule has 10 nitrogen and oxygen atoms in total. The van der Waals surface area contributed by atoms with Crippen molar-refractivity contribution < 1.29 is 14.3 Å². The smallest absolute Gasteiger partial charge is 0.300 e. The minimum atomic E-state index is -0.884. The summed E-state index contributed by atoms with van der Waals surface area (Å²) in [6, 6.07) is 15.0. The maximum atomic E-state index is 10.3. The number of fused-ring (bicyclic) bond motifs is 2. The summed E-state index contributed by atoms with van der Waals surface area (Å²) in [6.07, 6.45) is 1.46. The van der Waals surface area contributed by atoms with Gasteiger partial charge in [-0.3, -0.25) is 4.68 Å². The summed E-state index contributed by atoms with van der Waals surface area (Å²) in [4.78, 5) is 16.7. The van der Waals surface area contributed by atoms with Gasteiger partial charge in [-0.2, -0.15) is 10.1 Å². The first-order valence-electron chi connectivity index (χ1n) is 12.3. The zero-order valence-electron chi connectivity index (χ0n) is 21.8. The van der Waals surface area contributed by atoms with Crippen molar-refractivity contribution in [2.75, 3.05) is 5.32 Å². The van der Waals surface area contributed by atoms with E-state index in [9.17, 15) is 5.11 Å². The van der Waals surface area contributed by atoms with Crippen molar-refractivity contribution in [1.29, 1.82) is 0 Å². The number of oxazole rings is 1. The Balaban J connectivity index is 1.29. The van der Waals surface area contributed by atoms with Crippen LogP contribution in [0.2, 0.25) is 5.02 Å². The van der Waals surface area contributed by atoms with Crippen LogP contribution in [0.1, 0.15) is 25.2 Å². The molecule has 198 valence electrons. The molecule has 39 heavy (non-hydrogen) atoms. The van der Waals surface area contributed by atoms with Crippen LogP contribution in [0.5, 0.6) is 11.6 Å². The average molecular weight is 544 g/mol. The number of halogens is 1. The Morgan fingerprint density at radius 3 is 2.67 bits per heavy atom. The Kier molecular flexibility index (Phi) is 6.00. The summed E-state index contributed by atoms with van der Waals surface area (Å²) in [6.45, 7) is 7.84. The molecule has 4 heterocycles. The molecule has 0 bridgehead atoms. The molecule has 6 rings (SSSR count). The van der Waals surface area contributed by atoms with E-state index in [-0.39, 0.29) is 0 Å². The number of aromatic nitrogens is 6. The van der Waals surface area contributed by atoms with Gasteiger partial charge in [0.25, 0.3) is 6.01 Å². The number of benzene rings is 2. The predicted octanol–water partition coefficient (Wildman–Crippen LogP) is 6.54. The molecular weight excluding hydrogens is 518 g/mol. The van der Waals surface area contributed by atoms with Gasteiger partial charge in [0.1, 0.15) is 23.2 Å². The van der Waals surface area contributed by atoms with Crippen LogP contribution in [0.3, 0.4) is 0 Å². The molecule has 0 aliphatic heterocycles. The number of hydrogen-bond donors (Lipinski definition) is 3. The fraction of sp³-hybridized carbons (Fsp3) is 0.214. The lowest BCUT2D eigenvalue weighted by atomic mass is 10.1. The Hall–Kier alpha value is -4.41. The predicted molar refractivity (Wildman–Crippen MR) is 150 cm³/mol. The zero-order chi connectivity index (χ0) is 27.3. The van der Waals surface area contributed by atoms with E-state index in [1.165, 1.54) is 6.33 Å². The van der Waals surface area contributed by atoms with Crippen LogP contribution in [0.25, 0.3) is 33.4 Å². The van der Waals surface area contributed by atoms with Crippen LogP contribution in [0.4, 0.5) is 11.7 Å². The topological polar surface area (TPSA) is 127 Å². The average Bonchev–Trinajstić information content (AvgIpc) is 3.54. The second-order valence-electron chi connectivity index (χ2n) is 10.0. The monoisotopic (exact) mass is 543 g/mol. The van der Waals surface area contributed by atoms with Gasteiger partial charge in [0.15, 0.2) is 5.58 Å². The third kappa shape index (κ3) is 5.04. The molecule has 0 atom stereocenters. The fourth-order valence-corrected chi connectivity index (χ4v) is 4.66. The number of H-pyrrole nitrogens is 1. The lowest BCUT2D eigenvalue weighted by molar-refractivity contribution is 0.0570. The highest BCUT2D eigenvalue weighted by Crippen LogP contribution is 2.34. The molecule has 0 radical (unpaired) electrons. The van der Waals surface area contributed by atoms with Crippen molar-refractivity contribution >= 4 is 45.4 Å². The summed E-state index contributed by atoms with van der Waals surface area (Å²) >= 11 is 5.96. The molecule has 6 aromatic rings. The fourth-order valence-electron chi connectivity index (χ4n) is 4.53. The van der Waals surface area contributed by atoms with Crippen molar-refractivity contribution in [3.63, 3.8) is 0 Å². The van der Waals surface area contributed by atoms with Gasteiger partial charge in [-0.1, -0.05) is 11.6 Å². The first-order chi connectivity index (χ1) is 18.6. The number of hydrogen-bond acceptors (Lipinski definition) is 8. The van der Waals surface area contributed by atoms with Crippen molar-refractivity contribution in [2.24, 2.45) is 0 Å². The second kappa shape index (κ2) is 9.40. The maximum Gasteiger partial charge on any atom is 0.300 e. The van der Waals surface area contributed by atoms with Crippen molar-refractivity contribution in [3.8, 4) is 22.9 Å². The molecule has 2 aromatic carbocycles. The van der Waals surface area contributed by atoms with Crippen LogP contribution < -0.4 is 10.1 Å². The number of nitrogens with zero attached hydrogens (tertiary/aromatic N) is 5. The van der Waals surface area contributed by atoms with Crippen molar-refractivity contribution in [1.82, 2.24) is 29.7 Å². The maximum absolute atomic E-state index is 10.3. The molecule has 0 aliphatic rings. The molecule has 0 aliphatic carbocycles. The van der Waals surface area contributed by atoms with E-state index < -0.39 is 5.60 Å². The third-order valence-corrected chi connectivity index (χ3v) is 6.50. The third-order valence-electron chi connectivity index (χ3n) is 6.25. The van der Waals surface area contributed by atoms with Crippen molar-refractivity contribution in [2.45, 2.75) is 39.8 Å². The number of aryl methyl sites for hydroxylation is 1. The van der Waals surface area contributed by atoms with Gasteiger partial charge >= 0.3 is 0 Å². The van der Waals surface area contributed by atoms with E-state index in [1.54, 1.807) is 44.2 Å². The van der Waals surface area contributed by atoms with Gasteiger partial charge in [-0.05, 0) is 70.2 Å². The van der Waals surface area contributed by atoms with E-state index in [0.29, 0.717) is 46.0 Å². The lowest BCUT2D eigenvalue weighted by Gasteiger charge is -2.18. The Morgan fingerprint density at radius 1 is 1.10 bits per heavy atom. The van der Waals surface area contributed by atoms with Crippen molar-refractivity contribution in [3.05, 3.63) is 71.3 Å². The minimum absolute atomic E-state index is 0.361. The summed E-state index contributed by atoms with van der Waals surface area (Å²) in [7, 11) is 0. The number of ether oxygens (including phenoxy) is 1. The van der Waals surface area contributed by atoms with E-state index >= 15 is 0 Å². The standard InChI is InChI=1S/C28H26ClN7O3/c1-15-24(16(2)36(35-15)13-28(3,4)37)22-12-20-25(33-22)30-14-31-26(20)38-19-9-10-23-21(11-19)34-27(39-23)32-18-7-5-17(29)6-8-18/h5-12,14,37H,13H2,1-4H3,(H,32,34)(H,30,31,33). The first-order valence-corrected chi connectivity index (χ1v) is 12.7. The summed E-state index contributed by atoms with van der Waals surface area (Å²) < 4.78 is 13.8. The SMILES string of the molecule is Cc1nn(CC(C)(C)O)c(C)c1-c1cc2c(Oc3ccc4oc(Nc5ccc(Cl)cc5)nc4c3)ncnc2[nH]1.